The van der Waals surface area contributed by atoms with Crippen LogP contribution in [0, 0.1) is 27.7 Å². The molecule has 0 atom stereocenters. The summed E-state index contributed by atoms with van der Waals surface area (Å²) in [5, 5.41) is 0. The van der Waals surface area contributed by atoms with E-state index in [0.29, 0.717) is 0 Å². The molecule has 0 N–H and O–H groups in total. The van der Waals surface area contributed by atoms with Crippen molar-refractivity contribution in [3.8, 4) is 0 Å². The molecule has 0 unspecified atom stereocenters. The van der Waals surface area contributed by atoms with Crippen LogP contribution in [0.1, 0.15) is 42.0 Å². The Morgan fingerprint density at radius 3 is 1.30 bits per heavy atom. The quantitative estimate of drug-likeness (QED) is 0.201. The summed E-state index contributed by atoms with van der Waals surface area (Å²) in [4.78, 5) is 0. The zero-order valence-electron chi connectivity index (χ0n) is 15.2. The van der Waals surface area contributed by atoms with Crippen molar-refractivity contribution in [3.05, 3.63) is 34.9 Å². The lowest BCUT2D eigenvalue weighted by molar-refractivity contribution is -0.759. The van der Waals surface area contributed by atoms with Gasteiger partial charge in [-0.3, -0.25) is 0 Å². The average Bonchev–Trinajstić information content (AvgIpc) is 2.80. The van der Waals surface area contributed by atoms with E-state index in [4.69, 9.17) is 0 Å². The topological polar surface area (TPSA) is 17.6 Å². The maximum atomic E-state index is 2.38. The van der Waals surface area contributed by atoms with Crippen LogP contribution in [0.4, 0.5) is 0 Å². The molecule has 4 nitrogen and oxygen atoms in total. The summed E-state index contributed by atoms with van der Waals surface area (Å²) in [7, 11) is 4.29. The van der Waals surface area contributed by atoms with Gasteiger partial charge in [-0.25, -0.2) is 0 Å². The zero-order valence-corrected chi connectivity index (χ0v) is 19.6. The fraction of sp³-hybridized carbons (Fsp3) is 0.647. The van der Waals surface area contributed by atoms with Gasteiger partial charge in [0.15, 0.2) is 14.1 Å². The van der Waals surface area contributed by atoms with Gasteiger partial charge in [0.1, 0.15) is 0 Å². The maximum Gasteiger partial charge on any atom is 0.204 e. The van der Waals surface area contributed by atoms with Crippen LogP contribution in [0.25, 0.3) is 0 Å². The van der Waals surface area contributed by atoms with Crippen LogP contribution in [-0.4, -0.2) is 9.36 Å². The van der Waals surface area contributed by atoms with Gasteiger partial charge in [-0.2, -0.15) is 9.36 Å². The minimum atomic E-state index is 0. The van der Waals surface area contributed by atoms with Gasteiger partial charge in [0.2, 0.25) is 11.4 Å². The lowest BCUT2D eigenvalue weighted by Gasteiger charge is -2.05. The fourth-order valence-electron chi connectivity index (χ4n) is 3.15. The van der Waals surface area contributed by atoms with Crippen molar-refractivity contribution in [2.24, 2.45) is 14.1 Å². The molecule has 0 saturated carbocycles. The Morgan fingerprint density at radius 1 is 0.696 bits per heavy atom. The highest BCUT2D eigenvalue weighted by atomic mass is 127. The van der Waals surface area contributed by atoms with E-state index in [1.54, 1.807) is 0 Å². The van der Waals surface area contributed by atoms with Crippen LogP contribution in [0.3, 0.4) is 0 Å². The van der Waals surface area contributed by atoms with Gasteiger partial charge < -0.3 is 48.0 Å². The normalized spacial score (nSPS) is 10.3. The number of unbranched alkanes of at least 4 members (excludes halogenated alkanes) is 2. The lowest BCUT2D eigenvalue weighted by Crippen LogP contribution is -3.00. The number of aromatic nitrogens is 4. The Labute approximate surface area is 174 Å². The number of hydrogen-bond donors (Lipinski definition) is 0. The molecular formula is C17H30I2N4. The van der Waals surface area contributed by atoms with E-state index in [0.717, 1.165) is 13.1 Å². The van der Waals surface area contributed by atoms with Crippen LogP contribution in [0.5, 0.6) is 0 Å². The van der Waals surface area contributed by atoms with Crippen LogP contribution in [0.15, 0.2) is 12.1 Å². The van der Waals surface area contributed by atoms with E-state index in [1.165, 1.54) is 42.0 Å². The van der Waals surface area contributed by atoms with E-state index in [1.807, 2.05) is 0 Å². The number of nitrogens with zero attached hydrogens (tertiary/aromatic N) is 4. The molecule has 0 radical (unpaired) electrons. The number of hydrogen-bond acceptors (Lipinski definition) is 0. The molecule has 0 saturated heterocycles. The third kappa shape index (κ3) is 5.44. The molecule has 2 aromatic rings. The van der Waals surface area contributed by atoms with Gasteiger partial charge in [-0.1, -0.05) is 0 Å². The average molecular weight is 544 g/mol. The molecule has 2 heterocycles. The largest absolute Gasteiger partial charge is 1.00 e. The van der Waals surface area contributed by atoms with Gasteiger partial charge in [0, 0.05) is 26.0 Å². The molecule has 0 bridgehead atoms. The summed E-state index contributed by atoms with van der Waals surface area (Å²) in [6.07, 6.45) is 3.75. The number of rotatable bonds is 6. The monoisotopic (exact) mass is 544 g/mol. The Balaban J connectivity index is 0.00000242. The van der Waals surface area contributed by atoms with Crippen molar-refractivity contribution >= 4 is 0 Å². The van der Waals surface area contributed by atoms with Gasteiger partial charge in [-0.15, -0.1) is 9.36 Å². The van der Waals surface area contributed by atoms with Crippen LogP contribution in [0.2, 0.25) is 0 Å². The Morgan fingerprint density at radius 2 is 1.04 bits per heavy atom. The first kappa shape index (κ1) is 22.9. The molecule has 23 heavy (non-hydrogen) atoms. The summed E-state index contributed by atoms with van der Waals surface area (Å²) < 4.78 is 9.27. The van der Waals surface area contributed by atoms with E-state index in [2.05, 4.69) is 72.7 Å². The van der Waals surface area contributed by atoms with E-state index in [-0.39, 0.29) is 48.0 Å². The molecule has 0 fully saturated rings. The second-order valence-electron chi connectivity index (χ2n) is 6.21. The van der Waals surface area contributed by atoms with E-state index < -0.39 is 0 Å². The summed E-state index contributed by atoms with van der Waals surface area (Å²) in [6, 6.07) is 4.51. The first-order chi connectivity index (χ1) is 9.91. The number of aryl methyl sites for hydroxylation is 4. The minimum absolute atomic E-state index is 0. The van der Waals surface area contributed by atoms with Crippen LogP contribution >= 0.6 is 0 Å². The molecule has 0 spiro atoms. The molecule has 2 rings (SSSR count). The molecule has 0 aliphatic carbocycles. The van der Waals surface area contributed by atoms with Gasteiger partial charge in [0.25, 0.3) is 0 Å². The highest BCUT2D eigenvalue weighted by Crippen LogP contribution is 2.06. The molecule has 0 amide bonds. The highest BCUT2D eigenvalue weighted by molar-refractivity contribution is 5.01. The number of halogens is 2. The van der Waals surface area contributed by atoms with E-state index in [9.17, 15) is 0 Å². The molecular weight excluding hydrogens is 514 g/mol. The Hall–Kier alpha value is -0.120. The third-order valence-corrected chi connectivity index (χ3v) is 4.63. The molecule has 0 aromatic carbocycles. The Bertz CT molecular complexity index is 575. The predicted octanol–water partition coefficient (Wildman–Crippen LogP) is -3.95. The van der Waals surface area contributed by atoms with Gasteiger partial charge >= 0.3 is 0 Å². The fourth-order valence-corrected chi connectivity index (χ4v) is 3.15. The first-order valence-electron chi connectivity index (χ1n) is 7.98. The highest BCUT2D eigenvalue weighted by Gasteiger charge is 2.14. The summed E-state index contributed by atoms with van der Waals surface area (Å²) in [5.74, 6) is 0. The van der Waals surface area contributed by atoms with E-state index >= 15 is 0 Å². The first-order valence-corrected chi connectivity index (χ1v) is 7.98. The molecule has 0 aliphatic heterocycles. The second-order valence-corrected chi connectivity index (χ2v) is 6.21. The van der Waals surface area contributed by atoms with Gasteiger partial charge in [0.05, 0.1) is 24.5 Å². The Kier molecular flexibility index (Phi) is 9.95. The third-order valence-electron chi connectivity index (χ3n) is 4.63. The standard InChI is InChI=1S/C17H30N4.2HI/c1-14-12-16(3)20(18(14)5)10-8-7-9-11-21-17(4)13-15(2)19(21)6;;/h12-13H,7-11H2,1-6H3;2*1H/q+2;;/p-2. The van der Waals surface area contributed by atoms with Gasteiger partial charge in [-0.05, 0) is 33.1 Å². The molecule has 6 heteroatoms. The summed E-state index contributed by atoms with van der Waals surface area (Å²) >= 11 is 0. The minimum Gasteiger partial charge on any atom is -1.00 e. The summed E-state index contributed by atoms with van der Waals surface area (Å²) in [5.41, 5.74) is 5.38. The lowest BCUT2D eigenvalue weighted by atomic mass is 10.2. The van der Waals surface area contributed by atoms with Crippen LogP contribution < -0.4 is 57.3 Å². The second kappa shape index (κ2) is 10.0. The summed E-state index contributed by atoms with van der Waals surface area (Å²) in [6.45, 7) is 11.0. The van der Waals surface area contributed by atoms with Crippen molar-refractivity contribution in [1.82, 2.24) is 9.36 Å². The van der Waals surface area contributed by atoms with Crippen LogP contribution in [-0.2, 0) is 27.2 Å². The SMILES string of the molecule is Cc1cc(C)[n+](C)n1CCCCCn1c(C)cc(C)[n+]1C.[I-].[I-]. The van der Waals surface area contributed by atoms with Crippen molar-refractivity contribution in [3.63, 3.8) is 0 Å². The van der Waals surface area contributed by atoms with Crippen molar-refractivity contribution < 1.29 is 57.3 Å². The predicted molar refractivity (Wildman–Crippen MR) is 84.0 cm³/mol. The van der Waals surface area contributed by atoms with Crippen molar-refractivity contribution in [2.45, 2.75) is 60.0 Å². The van der Waals surface area contributed by atoms with Crippen molar-refractivity contribution in [2.75, 3.05) is 0 Å². The smallest absolute Gasteiger partial charge is 0.204 e. The van der Waals surface area contributed by atoms with Crippen molar-refractivity contribution in [1.29, 1.82) is 0 Å². The molecule has 132 valence electrons. The molecule has 0 aliphatic rings. The maximum absolute atomic E-state index is 2.38. The molecule has 2 aromatic heterocycles. The zero-order chi connectivity index (χ0) is 15.6.